The van der Waals surface area contributed by atoms with Gasteiger partial charge in [0.25, 0.3) is 0 Å². The summed E-state index contributed by atoms with van der Waals surface area (Å²) in [4.78, 5) is 11.6. The van der Waals surface area contributed by atoms with E-state index in [4.69, 9.17) is 4.74 Å². The molecule has 2 rings (SSSR count). The number of halogens is 2. The molecule has 0 aliphatic carbocycles. The molecule has 1 aliphatic rings. The largest absolute Gasteiger partial charge is 0.489 e. The highest BCUT2D eigenvalue weighted by atomic mass is 32.2. The molecule has 2 N–H and O–H groups in total. The summed E-state index contributed by atoms with van der Waals surface area (Å²) in [6, 6.07) is 2.93. The van der Waals surface area contributed by atoms with Gasteiger partial charge in [0.05, 0.1) is 12.6 Å². The minimum Gasteiger partial charge on any atom is -0.489 e. The minimum atomic E-state index is -0.750. The Morgan fingerprint density at radius 3 is 3.05 bits per heavy atom. The number of hydrogen-bond acceptors (Lipinski definition) is 4. The molecular formula is C12H14F2N2O2S. The van der Waals surface area contributed by atoms with Crippen LogP contribution in [-0.4, -0.2) is 36.7 Å². The molecule has 1 atom stereocenters. The van der Waals surface area contributed by atoms with Crippen molar-refractivity contribution in [2.24, 2.45) is 0 Å². The lowest BCUT2D eigenvalue weighted by Gasteiger charge is -2.11. The van der Waals surface area contributed by atoms with Gasteiger partial charge in [-0.25, -0.2) is 8.78 Å². The van der Waals surface area contributed by atoms with Gasteiger partial charge in [0.2, 0.25) is 5.91 Å². The number of ether oxygens (including phenoxy) is 1. The van der Waals surface area contributed by atoms with E-state index in [0.29, 0.717) is 0 Å². The second-order valence-electron chi connectivity index (χ2n) is 3.99. The van der Waals surface area contributed by atoms with Crippen molar-refractivity contribution in [3.63, 3.8) is 0 Å². The number of thioether (sulfide) groups is 1. The molecule has 1 saturated heterocycles. The van der Waals surface area contributed by atoms with Crippen LogP contribution >= 0.6 is 11.8 Å². The molecule has 0 bridgehead atoms. The van der Waals surface area contributed by atoms with Gasteiger partial charge in [0.1, 0.15) is 12.4 Å². The predicted molar refractivity (Wildman–Crippen MR) is 69.1 cm³/mol. The number of carbonyl (C=O) groups excluding carboxylic acids is 1. The molecule has 1 fully saturated rings. The Labute approximate surface area is 113 Å². The molecule has 1 aromatic carbocycles. The second-order valence-corrected chi connectivity index (χ2v) is 5.02. The van der Waals surface area contributed by atoms with Gasteiger partial charge in [-0.15, -0.1) is 11.8 Å². The number of hydrogen-bond donors (Lipinski definition) is 2. The van der Waals surface area contributed by atoms with E-state index in [2.05, 4.69) is 10.6 Å². The summed E-state index contributed by atoms with van der Waals surface area (Å²) in [6.07, 6.45) is 0. The number of amides is 1. The Kier molecular flexibility index (Phi) is 4.98. The number of benzene rings is 1. The summed E-state index contributed by atoms with van der Waals surface area (Å²) in [6.45, 7) is 0.409. The zero-order chi connectivity index (χ0) is 13.7. The zero-order valence-electron chi connectivity index (χ0n) is 10.1. The Morgan fingerprint density at radius 1 is 1.53 bits per heavy atom. The van der Waals surface area contributed by atoms with Gasteiger partial charge in [0, 0.05) is 17.7 Å². The standard InChI is InChI=1S/C12H14F2N2O2S/c13-8-1-2-11(9(14)5-8)18-4-3-15-12(17)10-6-19-7-16-10/h1-2,5,10,16H,3-4,6-7H2,(H,15,17)/t10-/m1/s1. The summed E-state index contributed by atoms with van der Waals surface area (Å²) >= 11 is 1.66. The van der Waals surface area contributed by atoms with Gasteiger partial charge in [-0.05, 0) is 12.1 Å². The monoisotopic (exact) mass is 288 g/mol. The van der Waals surface area contributed by atoms with Crippen molar-refractivity contribution in [3.8, 4) is 5.75 Å². The molecule has 19 heavy (non-hydrogen) atoms. The number of carbonyl (C=O) groups is 1. The van der Waals surface area contributed by atoms with Gasteiger partial charge in [-0.3, -0.25) is 10.1 Å². The van der Waals surface area contributed by atoms with E-state index >= 15 is 0 Å². The maximum atomic E-state index is 13.2. The Morgan fingerprint density at radius 2 is 2.37 bits per heavy atom. The lowest BCUT2D eigenvalue weighted by Crippen LogP contribution is -2.43. The molecule has 4 nitrogen and oxygen atoms in total. The molecule has 0 unspecified atom stereocenters. The van der Waals surface area contributed by atoms with Crippen LogP contribution in [-0.2, 0) is 4.79 Å². The van der Waals surface area contributed by atoms with Crippen molar-refractivity contribution in [1.29, 1.82) is 0 Å². The molecule has 7 heteroatoms. The van der Waals surface area contributed by atoms with Crippen LogP contribution < -0.4 is 15.4 Å². The first kappa shape index (κ1) is 14.1. The van der Waals surface area contributed by atoms with Gasteiger partial charge < -0.3 is 10.1 Å². The van der Waals surface area contributed by atoms with E-state index < -0.39 is 11.6 Å². The Balaban J connectivity index is 1.70. The van der Waals surface area contributed by atoms with E-state index in [9.17, 15) is 13.6 Å². The van der Waals surface area contributed by atoms with Crippen molar-refractivity contribution in [3.05, 3.63) is 29.8 Å². The molecule has 1 aromatic rings. The van der Waals surface area contributed by atoms with Crippen molar-refractivity contribution in [2.45, 2.75) is 6.04 Å². The number of nitrogens with one attached hydrogen (secondary N) is 2. The van der Waals surface area contributed by atoms with Crippen LogP contribution in [0.15, 0.2) is 18.2 Å². The summed E-state index contributed by atoms with van der Waals surface area (Å²) < 4.78 is 31.0. The van der Waals surface area contributed by atoms with E-state index in [-0.39, 0.29) is 30.9 Å². The fraction of sp³-hybridized carbons (Fsp3) is 0.417. The lowest BCUT2D eigenvalue weighted by molar-refractivity contribution is -0.122. The molecule has 0 aromatic heterocycles. The molecule has 1 aliphatic heterocycles. The minimum absolute atomic E-state index is 0.0230. The summed E-state index contributed by atoms with van der Waals surface area (Å²) in [7, 11) is 0. The average Bonchev–Trinajstić information content (AvgIpc) is 2.90. The fourth-order valence-electron chi connectivity index (χ4n) is 1.61. The van der Waals surface area contributed by atoms with Crippen LogP contribution in [0.3, 0.4) is 0 Å². The third kappa shape index (κ3) is 4.07. The Hall–Kier alpha value is -1.34. The summed E-state index contributed by atoms with van der Waals surface area (Å²) in [5.74, 6) is 0.01000. The fourth-order valence-corrected chi connectivity index (χ4v) is 2.56. The van der Waals surface area contributed by atoms with Crippen LogP contribution in [0.2, 0.25) is 0 Å². The maximum absolute atomic E-state index is 13.2. The van der Waals surface area contributed by atoms with E-state index in [1.165, 1.54) is 6.07 Å². The first-order chi connectivity index (χ1) is 9.16. The smallest absolute Gasteiger partial charge is 0.238 e. The third-order valence-electron chi connectivity index (χ3n) is 2.59. The summed E-state index contributed by atoms with van der Waals surface area (Å²) in [5, 5.41) is 5.73. The molecule has 104 valence electrons. The van der Waals surface area contributed by atoms with Crippen LogP contribution in [0.1, 0.15) is 0 Å². The molecule has 1 heterocycles. The zero-order valence-corrected chi connectivity index (χ0v) is 10.9. The first-order valence-electron chi connectivity index (χ1n) is 5.83. The summed E-state index contributed by atoms with van der Waals surface area (Å²) in [5.41, 5.74) is 0. The first-order valence-corrected chi connectivity index (χ1v) is 6.99. The molecule has 0 spiro atoms. The van der Waals surface area contributed by atoms with Gasteiger partial charge in [-0.1, -0.05) is 0 Å². The second kappa shape index (κ2) is 6.72. The van der Waals surface area contributed by atoms with E-state index in [1.54, 1.807) is 11.8 Å². The van der Waals surface area contributed by atoms with Gasteiger partial charge >= 0.3 is 0 Å². The van der Waals surface area contributed by atoms with Crippen LogP contribution in [0, 0.1) is 11.6 Å². The Bertz CT molecular complexity index is 453. The average molecular weight is 288 g/mol. The normalized spacial score (nSPS) is 18.3. The van der Waals surface area contributed by atoms with Crippen molar-refractivity contribution < 1.29 is 18.3 Å². The molecule has 0 saturated carbocycles. The SMILES string of the molecule is O=C(NCCOc1ccc(F)cc1F)[C@H]1CSCN1. The highest BCUT2D eigenvalue weighted by Gasteiger charge is 2.21. The molecule has 0 radical (unpaired) electrons. The van der Waals surface area contributed by atoms with E-state index in [0.717, 1.165) is 23.8 Å². The topological polar surface area (TPSA) is 50.4 Å². The van der Waals surface area contributed by atoms with E-state index in [1.807, 2.05) is 0 Å². The highest BCUT2D eigenvalue weighted by molar-refractivity contribution is 7.99. The maximum Gasteiger partial charge on any atom is 0.238 e. The van der Waals surface area contributed by atoms with Crippen LogP contribution in [0.5, 0.6) is 5.75 Å². The quantitative estimate of drug-likeness (QED) is 0.797. The van der Waals surface area contributed by atoms with Crippen molar-refractivity contribution >= 4 is 17.7 Å². The van der Waals surface area contributed by atoms with Crippen molar-refractivity contribution in [2.75, 3.05) is 24.8 Å². The molecule has 1 amide bonds. The van der Waals surface area contributed by atoms with Crippen molar-refractivity contribution in [1.82, 2.24) is 10.6 Å². The predicted octanol–water partition coefficient (Wildman–Crippen LogP) is 1.12. The lowest BCUT2D eigenvalue weighted by atomic mass is 10.3. The molecular weight excluding hydrogens is 274 g/mol. The number of rotatable bonds is 5. The van der Waals surface area contributed by atoms with Crippen LogP contribution in [0.25, 0.3) is 0 Å². The van der Waals surface area contributed by atoms with Gasteiger partial charge in [-0.2, -0.15) is 0 Å². The van der Waals surface area contributed by atoms with Crippen LogP contribution in [0.4, 0.5) is 8.78 Å². The third-order valence-corrected chi connectivity index (χ3v) is 3.53. The highest BCUT2D eigenvalue weighted by Crippen LogP contribution is 2.17. The van der Waals surface area contributed by atoms with Gasteiger partial charge in [0.15, 0.2) is 11.6 Å².